The van der Waals surface area contributed by atoms with Crippen molar-refractivity contribution in [3.8, 4) is 22.3 Å². The number of nitrogens with zero attached hydrogens (tertiary/aromatic N) is 2. The second-order valence-corrected chi connectivity index (χ2v) is 8.68. The van der Waals surface area contributed by atoms with Crippen molar-refractivity contribution in [2.75, 3.05) is 6.61 Å². The van der Waals surface area contributed by atoms with Crippen molar-refractivity contribution in [2.24, 2.45) is 5.73 Å². The van der Waals surface area contributed by atoms with Crippen LogP contribution < -0.4 is 16.1 Å². The lowest BCUT2D eigenvalue weighted by Gasteiger charge is -2.17. The van der Waals surface area contributed by atoms with E-state index in [0.29, 0.717) is 28.7 Å². The molecule has 2 N–H and O–H groups in total. The minimum absolute atomic E-state index is 0.0968. The second-order valence-electron chi connectivity index (χ2n) is 8.68. The third-order valence-electron chi connectivity index (χ3n) is 6.28. The molecule has 0 fully saturated rings. The summed E-state index contributed by atoms with van der Waals surface area (Å²) in [6.45, 7) is 2.45. The lowest BCUT2D eigenvalue weighted by Crippen LogP contribution is -2.33. The summed E-state index contributed by atoms with van der Waals surface area (Å²) in [6.07, 6.45) is 1.59. The molecule has 0 saturated heterocycles. The van der Waals surface area contributed by atoms with Gasteiger partial charge in [-0.05, 0) is 46.9 Å². The number of pyridine rings is 2. The summed E-state index contributed by atoms with van der Waals surface area (Å²) < 4.78 is 6.40. The minimum Gasteiger partial charge on any atom is -0.462 e. The van der Waals surface area contributed by atoms with Crippen LogP contribution in [0.25, 0.3) is 33.3 Å². The second kappa shape index (κ2) is 11.1. The zero-order valence-electron chi connectivity index (χ0n) is 21.0. The molecule has 5 rings (SSSR count). The van der Waals surface area contributed by atoms with Gasteiger partial charge in [-0.2, -0.15) is 0 Å². The molecule has 5 aromatic rings. The molecule has 190 valence electrons. The standard InChI is InChI=1S/C31H27N3O4/c1-2-37-31(36)28-27(25-16-14-24(15-17-25)23-12-10-21(19-32)11-13-23)26-9-6-18-33-29(26)34(30(28)35)38-20-22-7-4-3-5-8-22/h3-18H,2,19-20,32H2,1H3. The van der Waals surface area contributed by atoms with Crippen molar-refractivity contribution >= 4 is 17.0 Å². The lowest BCUT2D eigenvalue weighted by molar-refractivity contribution is 0.0513. The van der Waals surface area contributed by atoms with E-state index in [9.17, 15) is 9.59 Å². The van der Waals surface area contributed by atoms with E-state index in [1.807, 2.05) is 84.9 Å². The van der Waals surface area contributed by atoms with Gasteiger partial charge in [0.2, 0.25) is 0 Å². The Kier molecular flexibility index (Phi) is 7.28. The van der Waals surface area contributed by atoms with Gasteiger partial charge in [0.05, 0.1) is 6.61 Å². The van der Waals surface area contributed by atoms with Gasteiger partial charge in [-0.1, -0.05) is 78.9 Å². The van der Waals surface area contributed by atoms with Gasteiger partial charge in [0, 0.05) is 23.7 Å². The average Bonchev–Trinajstić information content (AvgIpc) is 2.97. The maximum Gasteiger partial charge on any atom is 0.344 e. The predicted molar refractivity (Wildman–Crippen MR) is 147 cm³/mol. The van der Waals surface area contributed by atoms with E-state index in [1.165, 1.54) is 0 Å². The zero-order chi connectivity index (χ0) is 26.5. The van der Waals surface area contributed by atoms with Crippen molar-refractivity contribution < 1.29 is 14.4 Å². The summed E-state index contributed by atoms with van der Waals surface area (Å²) in [5.41, 5.74) is 10.4. The predicted octanol–water partition coefficient (Wildman–Crippen LogP) is 4.99. The maximum atomic E-state index is 13.8. The molecule has 2 aromatic heterocycles. The van der Waals surface area contributed by atoms with E-state index >= 15 is 0 Å². The Bertz CT molecular complexity index is 1630. The van der Waals surface area contributed by atoms with E-state index in [1.54, 1.807) is 19.2 Å². The quantitative estimate of drug-likeness (QED) is 0.298. The third kappa shape index (κ3) is 4.92. The van der Waals surface area contributed by atoms with Gasteiger partial charge < -0.3 is 15.3 Å². The lowest BCUT2D eigenvalue weighted by atomic mass is 9.95. The summed E-state index contributed by atoms with van der Waals surface area (Å²) >= 11 is 0. The third-order valence-corrected chi connectivity index (χ3v) is 6.28. The number of carbonyl (C=O) groups excluding carboxylic acids is 1. The molecule has 0 aliphatic rings. The van der Waals surface area contributed by atoms with Crippen LogP contribution in [0.1, 0.15) is 28.4 Å². The Morgan fingerprint density at radius 1 is 0.842 bits per heavy atom. The topological polar surface area (TPSA) is 96.4 Å². The first-order valence-electron chi connectivity index (χ1n) is 12.4. The first-order valence-corrected chi connectivity index (χ1v) is 12.4. The van der Waals surface area contributed by atoms with Crippen LogP contribution in [0, 0.1) is 0 Å². The van der Waals surface area contributed by atoms with Crippen molar-refractivity contribution in [1.82, 2.24) is 9.71 Å². The van der Waals surface area contributed by atoms with E-state index in [4.69, 9.17) is 15.3 Å². The van der Waals surface area contributed by atoms with Gasteiger partial charge in [0.25, 0.3) is 5.56 Å². The fraction of sp³-hybridized carbons (Fsp3) is 0.129. The summed E-state index contributed by atoms with van der Waals surface area (Å²) in [6, 6.07) is 28.8. The van der Waals surface area contributed by atoms with Crippen LogP contribution >= 0.6 is 0 Å². The molecule has 7 heteroatoms. The Hall–Kier alpha value is -4.75. The molecule has 0 unspecified atom stereocenters. The number of nitrogens with two attached hydrogens (primary N) is 1. The highest BCUT2D eigenvalue weighted by Gasteiger charge is 2.26. The highest BCUT2D eigenvalue weighted by molar-refractivity contribution is 6.06. The molecule has 0 spiro atoms. The number of benzene rings is 3. The van der Waals surface area contributed by atoms with E-state index in [2.05, 4.69) is 4.98 Å². The number of esters is 1. The van der Waals surface area contributed by atoms with Gasteiger partial charge in [-0.3, -0.25) is 4.79 Å². The molecule has 0 radical (unpaired) electrons. The smallest absolute Gasteiger partial charge is 0.344 e. The molecule has 0 aliphatic heterocycles. The Labute approximate surface area is 220 Å². The SMILES string of the molecule is CCOC(=O)c1c(-c2ccc(-c3ccc(CN)cc3)cc2)c2cccnc2n(OCc2ccccc2)c1=O. The van der Waals surface area contributed by atoms with Crippen LogP contribution in [0.3, 0.4) is 0 Å². The molecule has 0 aliphatic carbocycles. The first-order chi connectivity index (χ1) is 18.6. The number of ether oxygens (including phenoxy) is 1. The molecule has 38 heavy (non-hydrogen) atoms. The molecular formula is C31H27N3O4. The Morgan fingerprint density at radius 2 is 1.50 bits per heavy atom. The summed E-state index contributed by atoms with van der Waals surface area (Å²) in [5, 5.41) is 0.600. The molecule has 2 heterocycles. The normalized spacial score (nSPS) is 10.9. The molecule has 3 aromatic carbocycles. The number of carbonyl (C=O) groups is 1. The largest absolute Gasteiger partial charge is 0.462 e. The zero-order valence-corrected chi connectivity index (χ0v) is 21.0. The fourth-order valence-corrected chi connectivity index (χ4v) is 4.38. The number of hydrogen-bond donors (Lipinski definition) is 1. The number of rotatable bonds is 8. The maximum absolute atomic E-state index is 13.8. The van der Waals surface area contributed by atoms with Gasteiger partial charge in [0.1, 0.15) is 12.2 Å². The van der Waals surface area contributed by atoms with Crippen LogP contribution in [0.4, 0.5) is 0 Å². The van der Waals surface area contributed by atoms with Gasteiger partial charge in [-0.25, -0.2) is 9.78 Å². The van der Waals surface area contributed by atoms with Crippen LogP contribution in [-0.4, -0.2) is 22.3 Å². The fourth-order valence-electron chi connectivity index (χ4n) is 4.38. The number of hydrogen-bond acceptors (Lipinski definition) is 6. The summed E-state index contributed by atoms with van der Waals surface area (Å²) in [7, 11) is 0. The van der Waals surface area contributed by atoms with Crippen molar-refractivity contribution in [3.05, 3.63) is 124 Å². The molecule has 7 nitrogen and oxygen atoms in total. The monoisotopic (exact) mass is 505 g/mol. The Morgan fingerprint density at radius 3 is 2.16 bits per heavy atom. The van der Waals surface area contributed by atoms with E-state index in [0.717, 1.165) is 27.0 Å². The number of aromatic nitrogens is 2. The van der Waals surface area contributed by atoms with Crippen LogP contribution in [0.5, 0.6) is 0 Å². The summed E-state index contributed by atoms with van der Waals surface area (Å²) in [5.74, 6) is -0.711. The van der Waals surface area contributed by atoms with Gasteiger partial charge in [-0.15, -0.1) is 4.73 Å². The van der Waals surface area contributed by atoms with E-state index in [-0.39, 0.29) is 18.8 Å². The summed E-state index contributed by atoms with van der Waals surface area (Å²) in [4.78, 5) is 37.3. The molecule has 0 atom stereocenters. The molecular weight excluding hydrogens is 478 g/mol. The number of fused-ring (bicyclic) bond motifs is 1. The van der Waals surface area contributed by atoms with Crippen LogP contribution in [-0.2, 0) is 17.9 Å². The molecule has 0 amide bonds. The van der Waals surface area contributed by atoms with Crippen molar-refractivity contribution in [2.45, 2.75) is 20.1 Å². The van der Waals surface area contributed by atoms with E-state index < -0.39 is 11.5 Å². The highest BCUT2D eigenvalue weighted by atomic mass is 16.7. The van der Waals surface area contributed by atoms with Crippen molar-refractivity contribution in [1.29, 1.82) is 0 Å². The van der Waals surface area contributed by atoms with Gasteiger partial charge in [0.15, 0.2) is 5.65 Å². The molecule has 0 bridgehead atoms. The molecule has 0 saturated carbocycles. The van der Waals surface area contributed by atoms with Crippen LogP contribution in [0.2, 0.25) is 0 Å². The Balaban J connectivity index is 1.64. The van der Waals surface area contributed by atoms with Gasteiger partial charge >= 0.3 is 5.97 Å². The average molecular weight is 506 g/mol. The highest BCUT2D eigenvalue weighted by Crippen LogP contribution is 2.32. The first kappa shape index (κ1) is 24.9. The van der Waals surface area contributed by atoms with Crippen molar-refractivity contribution in [3.63, 3.8) is 0 Å². The van der Waals surface area contributed by atoms with Crippen LogP contribution in [0.15, 0.2) is 102 Å². The minimum atomic E-state index is -0.711.